The van der Waals surface area contributed by atoms with Gasteiger partial charge in [-0.3, -0.25) is 24.5 Å². The van der Waals surface area contributed by atoms with Gasteiger partial charge in [0, 0.05) is 97.8 Å². The van der Waals surface area contributed by atoms with Gasteiger partial charge in [0.05, 0.1) is 35.6 Å². The van der Waals surface area contributed by atoms with Gasteiger partial charge in [-0.25, -0.2) is 14.8 Å². The molecule has 6 amide bonds. The summed E-state index contributed by atoms with van der Waals surface area (Å²) in [5, 5.41) is 15.6. The number of rotatable bonds is 17. The van der Waals surface area contributed by atoms with Gasteiger partial charge in [0.2, 0.25) is 17.8 Å². The average Bonchev–Trinajstić information content (AvgIpc) is 3.84. The van der Waals surface area contributed by atoms with Gasteiger partial charge in [-0.05, 0) is 74.1 Å². The second-order valence-electron chi connectivity index (χ2n) is 17.0. The summed E-state index contributed by atoms with van der Waals surface area (Å²) in [6, 6.07) is 22.1. The second kappa shape index (κ2) is 20.5. The lowest BCUT2D eigenvalue weighted by Gasteiger charge is -2.29. The number of aromatic nitrogens is 3. The largest absolute Gasteiger partial charge is 0.494 e. The minimum absolute atomic E-state index is 0.0879. The molecule has 356 valence electrons. The highest BCUT2D eigenvalue weighted by molar-refractivity contribution is 6.31. The highest BCUT2D eigenvalue weighted by atomic mass is 35.5. The molecule has 6 aromatic rings. The number of nitrogens with zero attached hydrogens (tertiary/aromatic N) is 6. The first kappa shape index (κ1) is 47.5. The summed E-state index contributed by atoms with van der Waals surface area (Å²) in [5.74, 6) is -0.586. The number of methoxy groups -OCH3 is 1. The molecule has 0 saturated carbocycles. The molecule has 1 fully saturated rings. The Labute approximate surface area is 403 Å². The minimum Gasteiger partial charge on any atom is -0.494 e. The number of hydrogen-bond donors (Lipinski definition) is 5. The van der Waals surface area contributed by atoms with Crippen LogP contribution in [0.1, 0.15) is 34.3 Å². The average molecular weight is 954 g/mol. The van der Waals surface area contributed by atoms with E-state index >= 15 is 0 Å². The van der Waals surface area contributed by atoms with E-state index in [1.807, 2.05) is 63.6 Å². The Hall–Kier alpha value is -7.96. The molecule has 69 heavy (non-hydrogen) atoms. The van der Waals surface area contributed by atoms with Crippen molar-refractivity contribution >= 4 is 80.9 Å². The van der Waals surface area contributed by atoms with Gasteiger partial charge >= 0.3 is 6.03 Å². The molecule has 19 heteroatoms. The van der Waals surface area contributed by atoms with Crippen LogP contribution in [0.25, 0.3) is 22.2 Å². The van der Waals surface area contributed by atoms with Crippen LogP contribution < -0.4 is 41.0 Å². The smallest absolute Gasteiger partial charge is 0.319 e. The van der Waals surface area contributed by atoms with Gasteiger partial charge in [-0.15, -0.1) is 0 Å². The quantitative estimate of drug-likeness (QED) is 0.0479. The summed E-state index contributed by atoms with van der Waals surface area (Å²) in [6.45, 7) is 5.46. The molecule has 0 aliphatic carbocycles. The maximum Gasteiger partial charge on any atom is 0.319 e. The Morgan fingerprint density at radius 1 is 0.928 bits per heavy atom. The number of anilines is 5. The summed E-state index contributed by atoms with van der Waals surface area (Å²) in [7, 11) is 9.45. The SMILES string of the molecule is C=C(COc1ccc(Cl)cc1NC(=O)NCc1ccc2c(c1)CN(C1CCC(=O)NC1=O)C2=O)C(=O)Nc1cc(Nc2nccc(-c3cn(C)c4ccccc34)n2)c(OC)cc1N(C)CCN(C)C. The molecule has 4 aromatic carbocycles. The summed E-state index contributed by atoms with van der Waals surface area (Å²) < 4.78 is 14.0. The highest BCUT2D eigenvalue weighted by Gasteiger charge is 2.39. The third kappa shape index (κ3) is 10.8. The molecule has 1 unspecified atom stereocenters. The van der Waals surface area contributed by atoms with Crippen molar-refractivity contribution in [1.82, 2.24) is 35.0 Å². The number of nitrogens with one attached hydrogen (secondary N) is 5. The Balaban J connectivity index is 0.929. The van der Waals surface area contributed by atoms with Crippen molar-refractivity contribution in [3.8, 4) is 22.8 Å². The number of amides is 6. The van der Waals surface area contributed by atoms with E-state index in [2.05, 4.69) is 59.7 Å². The topological polar surface area (TPSA) is 204 Å². The monoisotopic (exact) mass is 953 g/mol. The molecule has 18 nitrogen and oxygen atoms in total. The number of halogens is 1. The number of ether oxygens (including phenoxy) is 2. The zero-order valence-electron chi connectivity index (χ0n) is 38.8. The Morgan fingerprint density at radius 2 is 1.74 bits per heavy atom. The van der Waals surface area contributed by atoms with E-state index in [0.29, 0.717) is 51.5 Å². The molecule has 1 atom stereocenters. The number of carbonyl (C=O) groups is 5. The molecule has 8 rings (SSSR count). The molecule has 0 spiro atoms. The lowest BCUT2D eigenvalue weighted by atomic mass is 10.0. The van der Waals surface area contributed by atoms with E-state index in [9.17, 15) is 24.0 Å². The number of aryl methyl sites for hydroxylation is 1. The van der Waals surface area contributed by atoms with Gasteiger partial charge in [0.25, 0.3) is 11.8 Å². The van der Waals surface area contributed by atoms with E-state index in [-0.39, 0.29) is 61.4 Å². The molecule has 4 heterocycles. The summed E-state index contributed by atoms with van der Waals surface area (Å²) in [4.78, 5) is 79.3. The van der Waals surface area contributed by atoms with Crippen molar-refractivity contribution in [3.05, 3.63) is 125 Å². The third-order valence-electron chi connectivity index (χ3n) is 11.9. The fourth-order valence-corrected chi connectivity index (χ4v) is 8.38. The van der Waals surface area contributed by atoms with E-state index in [1.165, 1.54) is 11.0 Å². The van der Waals surface area contributed by atoms with Gasteiger partial charge in [-0.1, -0.05) is 48.5 Å². The fourth-order valence-electron chi connectivity index (χ4n) is 8.21. The van der Waals surface area contributed by atoms with Crippen LogP contribution in [0, 0.1) is 0 Å². The van der Waals surface area contributed by atoms with Crippen molar-refractivity contribution in [2.45, 2.75) is 32.0 Å². The number of hydrogen-bond acceptors (Lipinski definition) is 12. The predicted molar refractivity (Wildman–Crippen MR) is 265 cm³/mol. The number of likely N-dealkylation sites (N-methyl/N-ethyl adjacent to an activating group) is 2. The molecule has 2 aromatic heterocycles. The van der Waals surface area contributed by atoms with Crippen LogP contribution in [0.2, 0.25) is 5.02 Å². The van der Waals surface area contributed by atoms with Gasteiger partial charge in [0.1, 0.15) is 24.1 Å². The molecular weight excluding hydrogens is 902 g/mol. The minimum atomic E-state index is -0.730. The summed E-state index contributed by atoms with van der Waals surface area (Å²) >= 11 is 6.34. The third-order valence-corrected chi connectivity index (χ3v) is 12.1. The maximum absolute atomic E-state index is 13.9. The molecule has 2 aliphatic heterocycles. The predicted octanol–water partition coefficient (Wildman–Crippen LogP) is 6.70. The van der Waals surface area contributed by atoms with Gasteiger partial charge < -0.3 is 50.0 Å². The van der Waals surface area contributed by atoms with Gasteiger partial charge in [0.15, 0.2) is 0 Å². The van der Waals surface area contributed by atoms with Gasteiger partial charge in [-0.2, -0.15) is 0 Å². The number of benzene rings is 4. The Morgan fingerprint density at radius 3 is 2.52 bits per heavy atom. The van der Waals surface area contributed by atoms with E-state index in [1.54, 1.807) is 49.7 Å². The van der Waals surface area contributed by atoms with E-state index in [0.717, 1.165) is 34.3 Å². The normalized spacial score (nSPS) is 14.3. The van der Waals surface area contributed by atoms with Crippen LogP contribution in [0.5, 0.6) is 11.5 Å². The number of fused-ring (bicyclic) bond motifs is 2. The first-order valence-corrected chi connectivity index (χ1v) is 22.5. The lowest BCUT2D eigenvalue weighted by Crippen LogP contribution is -2.52. The van der Waals surface area contributed by atoms with Crippen molar-refractivity contribution in [3.63, 3.8) is 0 Å². The molecule has 2 aliphatic rings. The molecular formula is C50H52ClN11O7. The van der Waals surface area contributed by atoms with E-state index in [4.69, 9.17) is 26.1 Å². The number of urea groups is 1. The number of piperidine rings is 1. The number of para-hydroxylation sites is 1. The first-order valence-electron chi connectivity index (χ1n) is 22.1. The van der Waals surface area contributed by atoms with Crippen LogP contribution in [-0.2, 0) is 34.5 Å². The van der Waals surface area contributed by atoms with Crippen molar-refractivity contribution in [1.29, 1.82) is 0 Å². The van der Waals surface area contributed by atoms with Crippen LogP contribution in [0.4, 0.5) is 33.5 Å². The van der Waals surface area contributed by atoms with Crippen LogP contribution >= 0.6 is 11.6 Å². The van der Waals surface area contributed by atoms with Crippen molar-refractivity contribution < 1.29 is 33.4 Å². The number of imide groups is 1. The van der Waals surface area contributed by atoms with E-state index < -0.39 is 23.9 Å². The molecule has 5 N–H and O–H groups in total. The summed E-state index contributed by atoms with van der Waals surface area (Å²) in [6.07, 6.45) is 4.14. The standard InChI is InChI=1S/C50H52ClN11O7/c1-29(28-69-43-15-12-32(51)22-38(43)57-50(67)53-25-30-11-13-33-31(21-30)26-62(48(33)66)41-14-16-45(63)58-47(41)65)46(64)54-37-23-39(44(68-6)24-42(37)60(4)20-19-59(2)3)56-49-52-18-17-36(55-49)35-27-61(5)40-10-8-7-9-34(35)40/h7-13,15,17-18,21-24,27,41H,1,14,16,19-20,25-26,28H2,2-6H3,(H,54,64)(H,52,55,56)(H2,53,57,67)(H,58,63,65). The zero-order chi connectivity index (χ0) is 48.9. The first-order chi connectivity index (χ1) is 33.1. The zero-order valence-corrected chi connectivity index (χ0v) is 39.6. The van der Waals surface area contributed by atoms with Crippen molar-refractivity contribution in [2.24, 2.45) is 7.05 Å². The van der Waals surface area contributed by atoms with Crippen LogP contribution in [0.15, 0.2) is 103 Å². The van der Waals surface area contributed by atoms with Crippen LogP contribution in [-0.4, -0.2) is 108 Å². The number of carbonyl (C=O) groups excluding carboxylic acids is 5. The summed E-state index contributed by atoms with van der Waals surface area (Å²) in [5.41, 5.74) is 6.64. The lowest BCUT2D eigenvalue weighted by molar-refractivity contribution is -0.137. The molecule has 0 bridgehead atoms. The fraction of sp³-hybridized carbons (Fsp3) is 0.260. The Bertz CT molecular complexity index is 3010. The van der Waals surface area contributed by atoms with Crippen molar-refractivity contribution in [2.75, 3.05) is 68.8 Å². The second-order valence-corrected chi connectivity index (χ2v) is 17.5. The Kier molecular flexibility index (Phi) is 14.1. The molecule has 0 radical (unpaired) electrons. The highest BCUT2D eigenvalue weighted by Crippen LogP contribution is 2.39. The maximum atomic E-state index is 13.9. The molecule has 1 saturated heterocycles. The van der Waals surface area contributed by atoms with Crippen LogP contribution in [0.3, 0.4) is 0 Å².